The average molecular weight is 149 g/mol. The van der Waals surface area contributed by atoms with Crippen molar-refractivity contribution in [1.29, 1.82) is 0 Å². The summed E-state index contributed by atoms with van der Waals surface area (Å²) in [5.74, 6) is 0. The molecule has 36 valence electrons. The Labute approximate surface area is 47.4 Å². The van der Waals surface area contributed by atoms with E-state index in [4.69, 9.17) is 0 Å². The summed E-state index contributed by atoms with van der Waals surface area (Å²) in [6.07, 6.45) is 5.38. The molecule has 0 amide bonds. The first kappa shape index (κ1) is 6.22. The van der Waals surface area contributed by atoms with E-state index in [-0.39, 0.29) is 0 Å². The predicted octanol–water partition coefficient (Wildman–Crippen LogP) is 2.35. The van der Waals surface area contributed by atoms with Gasteiger partial charge >= 0.3 is 0 Å². The quantitative estimate of drug-likeness (QED) is 0.417. The molecule has 0 unspecified atom stereocenters. The molecular weight excluding hydrogens is 140 g/mol. The van der Waals surface area contributed by atoms with Crippen LogP contribution in [-0.2, 0) is 0 Å². The van der Waals surface area contributed by atoms with E-state index in [2.05, 4.69) is 35.0 Å². The molecule has 0 radical (unpaired) electrons. The minimum Gasteiger partial charge on any atom is -0.0883 e. The van der Waals surface area contributed by atoms with Gasteiger partial charge < -0.3 is 0 Å². The third kappa shape index (κ3) is 4.22. The molecule has 0 fully saturated rings. The van der Waals surface area contributed by atoms with Crippen molar-refractivity contribution >= 4 is 15.9 Å². The second-order valence-corrected chi connectivity index (χ2v) is 1.68. The number of allylic oxidation sites excluding steroid dienone is 2. The van der Waals surface area contributed by atoms with Gasteiger partial charge in [0.25, 0.3) is 0 Å². The summed E-state index contributed by atoms with van der Waals surface area (Å²) >= 11 is 3.26. The monoisotopic (exact) mass is 148 g/mol. The van der Waals surface area contributed by atoms with Crippen LogP contribution in [0.3, 0.4) is 0 Å². The largest absolute Gasteiger partial charge is 0.0883 e. The molecule has 0 bridgehead atoms. The molecule has 6 heavy (non-hydrogen) atoms. The molecule has 0 aromatic carbocycles. The van der Waals surface area contributed by atoms with Crippen LogP contribution in [0.2, 0.25) is 0 Å². The SMILES string of the molecule is CCC=CCBr. The van der Waals surface area contributed by atoms with Crippen molar-refractivity contribution in [2.24, 2.45) is 0 Å². The fourth-order valence-electron chi connectivity index (χ4n) is 0.230. The first-order valence-electron chi connectivity index (χ1n) is 2.12. The Morgan fingerprint density at radius 1 is 1.50 bits per heavy atom. The molecule has 0 aliphatic rings. The predicted molar refractivity (Wildman–Crippen MR) is 33.2 cm³/mol. The Kier molecular flexibility index (Phi) is 5.41. The highest BCUT2D eigenvalue weighted by Crippen LogP contribution is 1.83. The summed E-state index contributed by atoms with van der Waals surface area (Å²) in [5.41, 5.74) is 0. The smallest absolute Gasteiger partial charge is 0.0212 e. The zero-order valence-electron chi connectivity index (χ0n) is 3.95. The van der Waals surface area contributed by atoms with Gasteiger partial charge in [0, 0.05) is 5.33 Å². The summed E-state index contributed by atoms with van der Waals surface area (Å²) in [7, 11) is 0. The van der Waals surface area contributed by atoms with Crippen LogP contribution in [-0.4, -0.2) is 5.33 Å². The van der Waals surface area contributed by atoms with Gasteiger partial charge in [-0.2, -0.15) is 0 Å². The highest BCUT2D eigenvalue weighted by Gasteiger charge is 1.61. The summed E-state index contributed by atoms with van der Waals surface area (Å²) in [5, 5.41) is 0.987. The minimum absolute atomic E-state index is 0.987. The Morgan fingerprint density at radius 2 is 2.17 bits per heavy atom. The molecule has 0 aliphatic heterocycles. The lowest BCUT2D eigenvalue weighted by atomic mass is 10.4. The van der Waals surface area contributed by atoms with Gasteiger partial charge in [0.2, 0.25) is 0 Å². The fraction of sp³-hybridized carbons (Fsp3) is 0.600. The summed E-state index contributed by atoms with van der Waals surface area (Å²) in [6.45, 7) is 2.12. The molecule has 0 aromatic rings. The van der Waals surface area contributed by atoms with Crippen molar-refractivity contribution in [3.05, 3.63) is 12.2 Å². The van der Waals surface area contributed by atoms with E-state index in [9.17, 15) is 0 Å². The maximum atomic E-state index is 3.26. The molecule has 0 heterocycles. The van der Waals surface area contributed by atoms with Crippen molar-refractivity contribution in [3.63, 3.8) is 0 Å². The van der Waals surface area contributed by atoms with E-state index in [0.717, 1.165) is 11.8 Å². The molecule has 0 aromatic heterocycles. The van der Waals surface area contributed by atoms with Crippen LogP contribution in [0.1, 0.15) is 13.3 Å². The highest BCUT2D eigenvalue weighted by molar-refractivity contribution is 9.09. The number of halogens is 1. The molecule has 0 N–H and O–H groups in total. The van der Waals surface area contributed by atoms with E-state index in [1.807, 2.05) is 0 Å². The average Bonchev–Trinajstić information content (AvgIpc) is 1.61. The van der Waals surface area contributed by atoms with Gasteiger partial charge in [0.1, 0.15) is 0 Å². The molecule has 0 atom stereocenters. The van der Waals surface area contributed by atoms with Crippen molar-refractivity contribution in [1.82, 2.24) is 0 Å². The Hall–Kier alpha value is 0.220. The van der Waals surface area contributed by atoms with E-state index in [1.54, 1.807) is 0 Å². The van der Waals surface area contributed by atoms with Gasteiger partial charge in [0.05, 0.1) is 0 Å². The number of hydrogen-bond donors (Lipinski definition) is 0. The lowest BCUT2D eigenvalue weighted by molar-refractivity contribution is 1.22. The van der Waals surface area contributed by atoms with Gasteiger partial charge in [0.15, 0.2) is 0 Å². The van der Waals surface area contributed by atoms with E-state index < -0.39 is 0 Å². The van der Waals surface area contributed by atoms with Crippen molar-refractivity contribution in [2.75, 3.05) is 5.33 Å². The normalized spacial score (nSPS) is 10.3. The van der Waals surface area contributed by atoms with Crippen LogP contribution >= 0.6 is 15.9 Å². The topological polar surface area (TPSA) is 0 Å². The second kappa shape index (κ2) is 5.22. The van der Waals surface area contributed by atoms with Crippen molar-refractivity contribution in [3.8, 4) is 0 Å². The lowest BCUT2D eigenvalue weighted by Gasteiger charge is -1.71. The first-order chi connectivity index (χ1) is 2.91. The zero-order valence-corrected chi connectivity index (χ0v) is 5.53. The summed E-state index contributed by atoms with van der Waals surface area (Å²) in [4.78, 5) is 0. The van der Waals surface area contributed by atoms with E-state index in [0.29, 0.717) is 0 Å². The van der Waals surface area contributed by atoms with Gasteiger partial charge in [-0.15, -0.1) is 0 Å². The molecule has 0 spiro atoms. The maximum Gasteiger partial charge on any atom is 0.0212 e. The third-order valence-electron chi connectivity index (χ3n) is 0.491. The van der Waals surface area contributed by atoms with Crippen LogP contribution in [0.4, 0.5) is 0 Å². The van der Waals surface area contributed by atoms with E-state index >= 15 is 0 Å². The van der Waals surface area contributed by atoms with Gasteiger partial charge in [-0.3, -0.25) is 0 Å². The first-order valence-corrected chi connectivity index (χ1v) is 3.25. The number of hydrogen-bond acceptors (Lipinski definition) is 0. The minimum atomic E-state index is 0.987. The lowest BCUT2D eigenvalue weighted by Crippen LogP contribution is -1.55. The summed E-state index contributed by atoms with van der Waals surface area (Å²) < 4.78 is 0. The molecule has 0 nitrogen and oxygen atoms in total. The standard InChI is InChI=1S/C5H9Br/c1-2-3-4-5-6/h3-4H,2,5H2,1H3. The third-order valence-corrected chi connectivity index (χ3v) is 0.865. The van der Waals surface area contributed by atoms with Gasteiger partial charge in [-0.05, 0) is 6.42 Å². The molecule has 1 heteroatoms. The molecular formula is C5H9Br. The highest BCUT2D eigenvalue weighted by atomic mass is 79.9. The number of rotatable bonds is 2. The van der Waals surface area contributed by atoms with Crippen LogP contribution in [0.15, 0.2) is 12.2 Å². The van der Waals surface area contributed by atoms with Gasteiger partial charge in [-0.25, -0.2) is 0 Å². The maximum absolute atomic E-state index is 3.26. The molecule has 0 saturated heterocycles. The van der Waals surface area contributed by atoms with Crippen LogP contribution < -0.4 is 0 Å². The van der Waals surface area contributed by atoms with Gasteiger partial charge in [-0.1, -0.05) is 35.0 Å². The van der Waals surface area contributed by atoms with Crippen LogP contribution in [0, 0.1) is 0 Å². The van der Waals surface area contributed by atoms with Crippen molar-refractivity contribution in [2.45, 2.75) is 13.3 Å². The van der Waals surface area contributed by atoms with Crippen molar-refractivity contribution < 1.29 is 0 Å². The summed E-state index contributed by atoms with van der Waals surface area (Å²) in [6, 6.07) is 0. The molecule has 0 rings (SSSR count). The molecule has 0 saturated carbocycles. The van der Waals surface area contributed by atoms with E-state index in [1.165, 1.54) is 0 Å². The van der Waals surface area contributed by atoms with Crippen LogP contribution in [0.5, 0.6) is 0 Å². The Bertz CT molecular complexity index is 33.2. The fourth-order valence-corrected chi connectivity index (χ4v) is 0.494. The second-order valence-electron chi connectivity index (χ2n) is 1.03. The zero-order chi connectivity index (χ0) is 4.83. The molecule has 0 aliphatic carbocycles. The number of alkyl halides is 1. The Balaban J connectivity index is 2.73. The Morgan fingerprint density at radius 3 is 2.33 bits per heavy atom. The van der Waals surface area contributed by atoms with Crippen LogP contribution in [0.25, 0.3) is 0 Å².